The molecule has 0 rings (SSSR count). The van der Waals surface area contributed by atoms with Gasteiger partial charge in [-0.1, -0.05) is 39.5 Å². The molecule has 0 fully saturated rings. The SMILES string of the molecule is CCCCC(C)OP([O])(=O)OC(C)CCCC. The van der Waals surface area contributed by atoms with Crippen molar-refractivity contribution in [2.24, 2.45) is 0 Å². The molecule has 2 atom stereocenters. The summed E-state index contributed by atoms with van der Waals surface area (Å²) >= 11 is 0. The van der Waals surface area contributed by atoms with Gasteiger partial charge in [0.05, 0.1) is 12.2 Å². The summed E-state index contributed by atoms with van der Waals surface area (Å²) in [5, 5.41) is 0. The molecule has 1 radical (unpaired) electrons. The molecule has 0 aromatic carbocycles. The number of unbranched alkanes of at least 4 members (excludes halogenated alkanes) is 2. The normalized spacial score (nSPS) is 18.6. The van der Waals surface area contributed by atoms with E-state index in [4.69, 9.17) is 9.05 Å². The second-order valence-electron chi connectivity index (χ2n) is 4.56. The molecule has 0 N–H and O–H groups in total. The molecule has 4 nitrogen and oxygen atoms in total. The third-order valence-electron chi connectivity index (χ3n) is 2.55. The van der Waals surface area contributed by atoms with Crippen molar-refractivity contribution in [2.45, 2.75) is 78.4 Å². The molecule has 0 heterocycles. The Balaban J connectivity index is 3.96. The molecule has 0 aromatic heterocycles. The summed E-state index contributed by atoms with van der Waals surface area (Å²) in [4.78, 5) is 11.6. The first-order valence-electron chi connectivity index (χ1n) is 6.59. The van der Waals surface area contributed by atoms with Crippen LogP contribution in [0.4, 0.5) is 0 Å². The molecule has 17 heavy (non-hydrogen) atoms. The number of rotatable bonds is 10. The van der Waals surface area contributed by atoms with E-state index in [0.717, 1.165) is 38.5 Å². The maximum absolute atomic E-state index is 11.6. The van der Waals surface area contributed by atoms with Gasteiger partial charge >= 0.3 is 7.82 Å². The number of hydrogen-bond acceptors (Lipinski definition) is 3. The van der Waals surface area contributed by atoms with Gasteiger partial charge in [-0.05, 0) is 26.7 Å². The maximum atomic E-state index is 11.6. The average Bonchev–Trinajstić information content (AvgIpc) is 2.22. The van der Waals surface area contributed by atoms with Crippen LogP contribution in [0.15, 0.2) is 0 Å². The first-order valence-corrected chi connectivity index (χ1v) is 8.05. The Morgan fingerprint density at radius 1 is 0.941 bits per heavy atom. The molecule has 103 valence electrons. The Hall–Kier alpha value is 0.110. The Morgan fingerprint density at radius 2 is 1.29 bits per heavy atom. The molecule has 5 heteroatoms. The molecule has 0 aliphatic carbocycles. The Labute approximate surface area is 105 Å². The van der Waals surface area contributed by atoms with Crippen molar-refractivity contribution in [3.8, 4) is 0 Å². The van der Waals surface area contributed by atoms with Gasteiger partial charge in [0.25, 0.3) is 0 Å². The van der Waals surface area contributed by atoms with Crippen LogP contribution in [0.3, 0.4) is 0 Å². The quantitative estimate of drug-likeness (QED) is 0.537. The summed E-state index contributed by atoms with van der Waals surface area (Å²) in [5.74, 6) is 0. The van der Waals surface area contributed by atoms with Gasteiger partial charge in [-0.25, -0.2) is 4.57 Å². The Morgan fingerprint density at radius 3 is 1.59 bits per heavy atom. The van der Waals surface area contributed by atoms with Crippen LogP contribution in [0.1, 0.15) is 66.2 Å². The smallest absolute Gasteiger partial charge is 0.282 e. The van der Waals surface area contributed by atoms with E-state index in [2.05, 4.69) is 13.8 Å². The van der Waals surface area contributed by atoms with Crippen molar-refractivity contribution in [2.75, 3.05) is 0 Å². The molecule has 0 aliphatic heterocycles. The highest BCUT2D eigenvalue weighted by Gasteiger charge is 2.28. The van der Waals surface area contributed by atoms with Gasteiger partial charge in [-0.15, -0.1) is 4.89 Å². The van der Waals surface area contributed by atoms with Crippen LogP contribution in [-0.4, -0.2) is 12.2 Å². The molecule has 0 bridgehead atoms. The maximum Gasteiger partial charge on any atom is 0.503 e. The fraction of sp³-hybridized carbons (Fsp3) is 1.00. The molecular formula is C12H26O4P. The minimum atomic E-state index is -4.14. The van der Waals surface area contributed by atoms with E-state index in [1.807, 2.05) is 0 Å². The molecule has 2 unspecified atom stereocenters. The van der Waals surface area contributed by atoms with Gasteiger partial charge < -0.3 is 0 Å². The first kappa shape index (κ1) is 17.1. The molecular weight excluding hydrogens is 239 g/mol. The fourth-order valence-electron chi connectivity index (χ4n) is 1.55. The van der Waals surface area contributed by atoms with Crippen LogP contribution in [0, 0.1) is 0 Å². The van der Waals surface area contributed by atoms with Gasteiger partial charge in [0.1, 0.15) is 0 Å². The van der Waals surface area contributed by atoms with E-state index in [1.54, 1.807) is 13.8 Å². The van der Waals surface area contributed by atoms with Crippen LogP contribution < -0.4 is 0 Å². The van der Waals surface area contributed by atoms with Crippen molar-refractivity contribution >= 4 is 7.82 Å². The summed E-state index contributed by atoms with van der Waals surface area (Å²) in [6.07, 6.45) is 4.90. The van der Waals surface area contributed by atoms with E-state index in [-0.39, 0.29) is 12.2 Å². The molecule has 0 saturated carbocycles. The molecule has 0 spiro atoms. The van der Waals surface area contributed by atoms with E-state index in [9.17, 15) is 9.46 Å². The van der Waals surface area contributed by atoms with Gasteiger partial charge in [0, 0.05) is 0 Å². The second-order valence-corrected chi connectivity index (χ2v) is 5.88. The van der Waals surface area contributed by atoms with E-state index in [0.29, 0.717) is 0 Å². The predicted molar refractivity (Wildman–Crippen MR) is 68.4 cm³/mol. The van der Waals surface area contributed by atoms with Crippen molar-refractivity contribution in [1.82, 2.24) is 0 Å². The first-order chi connectivity index (χ1) is 7.91. The lowest BCUT2D eigenvalue weighted by Gasteiger charge is -2.19. The van der Waals surface area contributed by atoms with Crippen molar-refractivity contribution in [1.29, 1.82) is 0 Å². The molecule has 0 amide bonds. The lowest BCUT2D eigenvalue weighted by molar-refractivity contribution is 0.0640. The van der Waals surface area contributed by atoms with Gasteiger partial charge in [-0.3, -0.25) is 9.05 Å². The second kappa shape index (κ2) is 9.09. The molecule has 0 aromatic rings. The zero-order chi connectivity index (χ0) is 13.3. The molecule has 0 saturated heterocycles. The van der Waals surface area contributed by atoms with Gasteiger partial charge in [-0.2, -0.15) is 0 Å². The highest BCUT2D eigenvalue weighted by molar-refractivity contribution is 7.47. The Kier molecular flexibility index (Phi) is 9.15. The average molecular weight is 265 g/mol. The van der Waals surface area contributed by atoms with Crippen LogP contribution in [-0.2, 0) is 18.5 Å². The minimum Gasteiger partial charge on any atom is -0.282 e. The largest absolute Gasteiger partial charge is 0.503 e. The minimum absolute atomic E-state index is 0.295. The van der Waals surface area contributed by atoms with Gasteiger partial charge in [0.2, 0.25) is 0 Å². The van der Waals surface area contributed by atoms with Crippen LogP contribution >= 0.6 is 7.82 Å². The molecule has 0 aliphatic rings. The van der Waals surface area contributed by atoms with Crippen molar-refractivity contribution in [3.63, 3.8) is 0 Å². The van der Waals surface area contributed by atoms with Crippen molar-refractivity contribution < 1.29 is 18.5 Å². The standard InChI is InChI=1S/C12H26O4P/c1-5-7-9-11(3)15-17(13,14)16-12(4)10-8-6-2/h11-12H,5-10H2,1-4H3. The van der Waals surface area contributed by atoms with Crippen molar-refractivity contribution in [3.05, 3.63) is 0 Å². The van der Waals surface area contributed by atoms with Crippen LogP contribution in [0.2, 0.25) is 0 Å². The zero-order valence-corrected chi connectivity index (χ0v) is 12.4. The lowest BCUT2D eigenvalue weighted by Crippen LogP contribution is -2.11. The van der Waals surface area contributed by atoms with E-state index in [1.165, 1.54) is 0 Å². The van der Waals surface area contributed by atoms with E-state index < -0.39 is 7.82 Å². The summed E-state index contributed by atoms with van der Waals surface area (Å²) < 4.78 is 21.5. The topological polar surface area (TPSA) is 55.4 Å². The van der Waals surface area contributed by atoms with Gasteiger partial charge in [0.15, 0.2) is 0 Å². The highest BCUT2D eigenvalue weighted by Crippen LogP contribution is 2.48. The third-order valence-corrected chi connectivity index (χ3v) is 3.78. The number of hydrogen-bond donors (Lipinski definition) is 0. The summed E-state index contributed by atoms with van der Waals surface area (Å²) in [7, 11) is -4.14. The summed E-state index contributed by atoms with van der Waals surface area (Å²) in [6, 6.07) is 0. The lowest BCUT2D eigenvalue weighted by atomic mass is 10.2. The highest BCUT2D eigenvalue weighted by atomic mass is 31.2. The summed E-state index contributed by atoms with van der Waals surface area (Å²) in [5.41, 5.74) is 0. The van der Waals surface area contributed by atoms with Crippen LogP contribution in [0.25, 0.3) is 0 Å². The third kappa shape index (κ3) is 9.78. The predicted octanol–water partition coefficient (Wildman–Crippen LogP) is 4.72. The zero-order valence-electron chi connectivity index (χ0n) is 11.5. The monoisotopic (exact) mass is 265 g/mol. The van der Waals surface area contributed by atoms with Crippen LogP contribution in [0.5, 0.6) is 0 Å². The summed E-state index contributed by atoms with van der Waals surface area (Å²) in [6.45, 7) is 7.65. The fourth-order valence-corrected chi connectivity index (χ4v) is 2.70. The Bertz CT molecular complexity index is 213. The van der Waals surface area contributed by atoms with E-state index >= 15 is 0 Å².